The molecule has 2 aromatic rings. The number of rotatable bonds is 4. The van der Waals surface area contributed by atoms with Crippen molar-refractivity contribution in [2.24, 2.45) is 0 Å². The summed E-state index contributed by atoms with van der Waals surface area (Å²) in [5.74, 6) is 0.991. The Morgan fingerprint density at radius 2 is 2.22 bits per heavy atom. The highest BCUT2D eigenvalue weighted by atomic mass is 16.5. The van der Waals surface area contributed by atoms with Gasteiger partial charge in [0.05, 0.1) is 11.8 Å². The summed E-state index contributed by atoms with van der Waals surface area (Å²) in [7, 11) is 0. The zero-order valence-electron chi connectivity index (χ0n) is 10.5. The second-order valence-corrected chi connectivity index (χ2v) is 4.33. The first kappa shape index (κ1) is 12.3. The normalized spacial score (nSPS) is 12.7. The molecular formula is C11H15N5O2. The summed E-state index contributed by atoms with van der Waals surface area (Å²) in [5, 5.41) is 12.9. The third kappa shape index (κ3) is 2.55. The van der Waals surface area contributed by atoms with Gasteiger partial charge in [0.1, 0.15) is 6.04 Å². The summed E-state index contributed by atoms with van der Waals surface area (Å²) in [6.07, 6.45) is 2.98. The van der Waals surface area contributed by atoms with Crippen molar-refractivity contribution in [2.75, 3.05) is 0 Å². The third-order valence-electron chi connectivity index (χ3n) is 2.45. The number of H-pyrrole nitrogens is 1. The first-order valence-electron chi connectivity index (χ1n) is 5.71. The average Bonchev–Trinajstić information content (AvgIpc) is 3.00. The Morgan fingerprint density at radius 1 is 1.44 bits per heavy atom. The first-order chi connectivity index (χ1) is 8.58. The Kier molecular flexibility index (Phi) is 3.40. The van der Waals surface area contributed by atoms with Crippen molar-refractivity contribution >= 4 is 5.91 Å². The maximum atomic E-state index is 11.8. The van der Waals surface area contributed by atoms with Crippen LogP contribution in [0.5, 0.6) is 0 Å². The molecule has 0 aromatic carbocycles. The number of aromatic nitrogens is 4. The standard InChI is InChI=1S/C11H15N5O2/c1-6(2)9-15-11(18-16-9)7(3)14-10(17)8-4-12-13-5-8/h4-7H,1-3H3,(H,12,13)(H,14,17)/t7-/m1/s1. The molecule has 1 atom stereocenters. The summed E-state index contributed by atoms with van der Waals surface area (Å²) in [4.78, 5) is 16.0. The molecule has 0 aliphatic heterocycles. The van der Waals surface area contributed by atoms with Gasteiger partial charge in [-0.25, -0.2) is 0 Å². The molecule has 0 unspecified atom stereocenters. The lowest BCUT2D eigenvalue weighted by molar-refractivity contribution is 0.0932. The number of nitrogens with one attached hydrogen (secondary N) is 2. The van der Waals surface area contributed by atoms with E-state index in [1.54, 1.807) is 6.92 Å². The molecule has 0 spiro atoms. The number of hydrogen-bond donors (Lipinski definition) is 2. The number of amides is 1. The predicted molar refractivity (Wildman–Crippen MR) is 62.9 cm³/mol. The van der Waals surface area contributed by atoms with Crippen LogP contribution in [0.15, 0.2) is 16.9 Å². The van der Waals surface area contributed by atoms with Crippen molar-refractivity contribution < 1.29 is 9.32 Å². The van der Waals surface area contributed by atoms with Crippen molar-refractivity contribution in [1.29, 1.82) is 0 Å². The lowest BCUT2D eigenvalue weighted by Gasteiger charge is -2.07. The minimum atomic E-state index is -0.340. The van der Waals surface area contributed by atoms with Gasteiger partial charge in [-0.2, -0.15) is 10.1 Å². The smallest absolute Gasteiger partial charge is 0.255 e. The predicted octanol–water partition coefficient (Wildman–Crippen LogP) is 1.41. The highest BCUT2D eigenvalue weighted by Gasteiger charge is 2.18. The lowest BCUT2D eigenvalue weighted by Crippen LogP contribution is -2.26. The quantitative estimate of drug-likeness (QED) is 0.853. The van der Waals surface area contributed by atoms with E-state index in [-0.39, 0.29) is 17.9 Å². The molecule has 7 nitrogen and oxygen atoms in total. The summed E-state index contributed by atoms with van der Waals surface area (Å²) in [5.41, 5.74) is 0.463. The second-order valence-electron chi connectivity index (χ2n) is 4.33. The molecule has 0 aliphatic carbocycles. The van der Waals surface area contributed by atoms with E-state index in [9.17, 15) is 4.79 Å². The highest BCUT2D eigenvalue weighted by molar-refractivity contribution is 5.93. The lowest BCUT2D eigenvalue weighted by atomic mass is 10.2. The van der Waals surface area contributed by atoms with Gasteiger partial charge in [-0.05, 0) is 6.92 Å². The molecule has 0 radical (unpaired) electrons. The Hall–Kier alpha value is -2.18. The van der Waals surface area contributed by atoms with Crippen molar-refractivity contribution in [3.05, 3.63) is 29.7 Å². The van der Waals surface area contributed by atoms with Crippen LogP contribution in [0.25, 0.3) is 0 Å². The Bertz CT molecular complexity index is 517. The fraction of sp³-hybridized carbons (Fsp3) is 0.455. The van der Waals surface area contributed by atoms with Gasteiger partial charge in [0.25, 0.3) is 5.91 Å². The van der Waals surface area contributed by atoms with Gasteiger partial charge in [0, 0.05) is 12.1 Å². The Balaban J connectivity index is 2.03. The summed E-state index contributed by atoms with van der Waals surface area (Å²) in [6, 6.07) is -0.340. The summed E-state index contributed by atoms with van der Waals surface area (Å²) in [6.45, 7) is 5.74. The molecule has 0 aliphatic rings. The monoisotopic (exact) mass is 249 g/mol. The fourth-order valence-corrected chi connectivity index (χ4v) is 1.37. The third-order valence-corrected chi connectivity index (χ3v) is 2.45. The van der Waals surface area contributed by atoms with Gasteiger partial charge in [0.15, 0.2) is 5.82 Å². The van der Waals surface area contributed by atoms with Crippen LogP contribution in [0, 0.1) is 0 Å². The van der Waals surface area contributed by atoms with Crippen LogP contribution in [-0.2, 0) is 0 Å². The second kappa shape index (κ2) is 4.99. The molecule has 18 heavy (non-hydrogen) atoms. The van der Waals surface area contributed by atoms with Gasteiger partial charge < -0.3 is 9.84 Å². The van der Waals surface area contributed by atoms with Crippen molar-refractivity contribution in [3.8, 4) is 0 Å². The minimum Gasteiger partial charge on any atom is -0.340 e. The molecule has 7 heteroatoms. The van der Waals surface area contributed by atoms with Gasteiger partial charge >= 0.3 is 0 Å². The zero-order chi connectivity index (χ0) is 13.1. The molecular weight excluding hydrogens is 234 g/mol. The van der Waals surface area contributed by atoms with Gasteiger partial charge in [-0.15, -0.1) is 0 Å². The summed E-state index contributed by atoms with van der Waals surface area (Å²) >= 11 is 0. The van der Waals surface area contributed by atoms with Gasteiger partial charge in [-0.1, -0.05) is 19.0 Å². The fourth-order valence-electron chi connectivity index (χ4n) is 1.37. The van der Waals surface area contributed by atoms with E-state index in [1.165, 1.54) is 12.4 Å². The van der Waals surface area contributed by atoms with Crippen LogP contribution in [0.2, 0.25) is 0 Å². The van der Waals surface area contributed by atoms with E-state index < -0.39 is 0 Å². The van der Waals surface area contributed by atoms with E-state index in [0.717, 1.165) is 0 Å². The van der Waals surface area contributed by atoms with Crippen LogP contribution in [-0.4, -0.2) is 26.2 Å². The average molecular weight is 249 g/mol. The van der Waals surface area contributed by atoms with E-state index in [4.69, 9.17) is 4.52 Å². The van der Waals surface area contributed by atoms with E-state index in [1.807, 2.05) is 13.8 Å². The van der Waals surface area contributed by atoms with Gasteiger partial charge in [-0.3, -0.25) is 9.89 Å². The molecule has 2 heterocycles. The zero-order valence-corrected chi connectivity index (χ0v) is 10.5. The number of nitrogens with zero attached hydrogens (tertiary/aromatic N) is 3. The van der Waals surface area contributed by atoms with E-state index in [2.05, 4.69) is 25.7 Å². The number of hydrogen-bond acceptors (Lipinski definition) is 5. The molecule has 0 bridgehead atoms. The first-order valence-corrected chi connectivity index (χ1v) is 5.71. The number of carbonyl (C=O) groups is 1. The van der Waals surface area contributed by atoms with Crippen molar-refractivity contribution in [2.45, 2.75) is 32.7 Å². The largest absolute Gasteiger partial charge is 0.340 e. The molecule has 2 N–H and O–H groups in total. The molecule has 0 saturated carbocycles. The van der Waals surface area contributed by atoms with Crippen molar-refractivity contribution in [3.63, 3.8) is 0 Å². The van der Waals surface area contributed by atoms with E-state index in [0.29, 0.717) is 17.3 Å². The maximum absolute atomic E-state index is 11.8. The highest BCUT2D eigenvalue weighted by Crippen LogP contribution is 2.15. The van der Waals surface area contributed by atoms with Crippen molar-refractivity contribution in [1.82, 2.24) is 25.7 Å². The maximum Gasteiger partial charge on any atom is 0.255 e. The van der Waals surface area contributed by atoms with Crippen LogP contribution in [0.3, 0.4) is 0 Å². The number of aromatic amines is 1. The van der Waals surface area contributed by atoms with Crippen LogP contribution >= 0.6 is 0 Å². The molecule has 0 fully saturated rings. The Labute approximate surface area is 104 Å². The van der Waals surface area contributed by atoms with Crippen LogP contribution in [0.1, 0.15) is 54.8 Å². The molecule has 1 amide bonds. The van der Waals surface area contributed by atoms with E-state index >= 15 is 0 Å². The molecule has 2 aromatic heterocycles. The summed E-state index contributed by atoms with van der Waals surface area (Å²) < 4.78 is 5.11. The molecule has 96 valence electrons. The minimum absolute atomic E-state index is 0.194. The van der Waals surface area contributed by atoms with Gasteiger partial charge in [0.2, 0.25) is 5.89 Å². The number of carbonyl (C=O) groups excluding carboxylic acids is 1. The van der Waals surface area contributed by atoms with Crippen LogP contribution in [0.4, 0.5) is 0 Å². The van der Waals surface area contributed by atoms with Crippen LogP contribution < -0.4 is 5.32 Å². The SMILES string of the molecule is CC(C)c1noc([C@@H](C)NC(=O)c2cn[nH]c2)n1. The molecule has 2 rings (SSSR count). The Morgan fingerprint density at radius 3 is 2.78 bits per heavy atom. The molecule has 0 saturated heterocycles. The topological polar surface area (TPSA) is 96.7 Å².